The SMILES string of the molecule is CCC(NC(=O)CCC(=O)N(C)C)c1ccc(C)cn1. The zero-order valence-corrected chi connectivity index (χ0v) is 12.6. The number of aryl methyl sites for hydroxylation is 1. The molecule has 5 heteroatoms. The van der Waals surface area contributed by atoms with E-state index in [1.807, 2.05) is 26.0 Å². The van der Waals surface area contributed by atoms with Crippen LogP contribution < -0.4 is 5.32 Å². The molecule has 1 N–H and O–H groups in total. The molecule has 110 valence electrons. The minimum absolute atomic E-state index is 0.0401. The first-order valence-electron chi connectivity index (χ1n) is 6.86. The first kappa shape index (κ1) is 16.1. The van der Waals surface area contributed by atoms with E-state index in [0.717, 1.165) is 17.7 Å². The van der Waals surface area contributed by atoms with Crippen LogP contribution in [0.2, 0.25) is 0 Å². The van der Waals surface area contributed by atoms with Gasteiger partial charge in [-0.1, -0.05) is 13.0 Å². The molecule has 0 saturated carbocycles. The summed E-state index contributed by atoms with van der Waals surface area (Å²) in [5.41, 5.74) is 1.94. The van der Waals surface area contributed by atoms with Crippen molar-refractivity contribution >= 4 is 11.8 Å². The van der Waals surface area contributed by atoms with E-state index in [1.54, 1.807) is 20.3 Å². The topological polar surface area (TPSA) is 62.3 Å². The minimum atomic E-state index is -0.116. The van der Waals surface area contributed by atoms with Gasteiger partial charge in [0.2, 0.25) is 11.8 Å². The fourth-order valence-corrected chi connectivity index (χ4v) is 1.78. The Morgan fingerprint density at radius 1 is 1.30 bits per heavy atom. The number of amides is 2. The summed E-state index contributed by atoms with van der Waals surface area (Å²) in [5, 5.41) is 2.92. The Morgan fingerprint density at radius 2 is 2.00 bits per heavy atom. The number of nitrogens with zero attached hydrogens (tertiary/aromatic N) is 2. The van der Waals surface area contributed by atoms with Crippen LogP contribution in [0.5, 0.6) is 0 Å². The third-order valence-corrected chi connectivity index (χ3v) is 3.10. The highest BCUT2D eigenvalue weighted by atomic mass is 16.2. The molecule has 0 aliphatic rings. The molecule has 1 aromatic rings. The van der Waals surface area contributed by atoms with Crippen molar-refractivity contribution in [3.63, 3.8) is 0 Å². The van der Waals surface area contributed by atoms with Crippen LogP contribution in [0.1, 0.15) is 43.5 Å². The number of hydrogen-bond acceptors (Lipinski definition) is 3. The molecule has 0 fully saturated rings. The first-order chi connectivity index (χ1) is 9.43. The van der Waals surface area contributed by atoms with Crippen LogP contribution in [0.15, 0.2) is 18.3 Å². The third-order valence-electron chi connectivity index (χ3n) is 3.10. The average Bonchev–Trinajstić information content (AvgIpc) is 2.43. The zero-order chi connectivity index (χ0) is 15.1. The van der Waals surface area contributed by atoms with Crippen molar-refractivity contribution in [3.05, 3.63) is 29.6 Å². The molecule has 1 atom stereocenters. The Morgan fingerprint density at radius 3 is 2.50 bits per heavy atom. The largest absolute Gasteiger partial charge is 0.349 e. The molecule has 1 aromatic heterocycles. The monoisotopic (exact) mass is 277 g/mol. The lowest BCUT2D eigenvalue weighted by Crippen LogP contribution is -2.30. The highest BCUT2D eigenvalue weighted by Gasteiger charge is 2.15. The van der Waals surface area contributed by atoms with Crippen LogP contribution in [-0.2, 0) is 9.59 Å². The molecular weight excluding hydrogens is 254 g/mol. The van der Waals surface area contributed by atoms with Gasteiger partial charge in [-0.25, -0.2) is 0 Å². The lowest BCUT2D eigenvalue weighted by Gasteiger charge is -2.17. The highest BCUT2D eigenvalue weighted by molar-refractivity contribution is 5.83. The second kappa shape index (κ2) is 7.62. The van der Waals surface area contributed by atoms with Gasteiger partial charge in [-0.3, -0.25) is 14.6 Å². The van der Waals surface area contributed by atoms with Crippen LogP contribution in [0.25, 0.3) is 0 Å². The first-order valence-corrected chi connectivity index (χ1v) is 6.86. The van der Waals surface area contributed by atoms with Crippen LogP contribution in [0.3, 0.4) is 0 Å². The lowest BCUT2D eigenvalue weighted by atomic mass is 10.1. The smallest absolute Gasteiger partial charge is 0.222 e. The summed E-state index contributed by atoms with van der Waals surface area (Å²) in [6.45, 7) is 3.97. The van der Waals surface area contributed by atoms with Crippen molar-refractivity contribution in [2.75, 3.05) is 14.1 Å². The van der Waals surface area contributed by atoms with E-state index in [4.69, 9.17) is 0 Å². The van der Waals surface area contributed by atoms with E-state index in [-0.39, 0.29) is 30.7 Å². The molecule has 5 nitrogen and oxygen atoms in total. The number of carbonyl (C=O) groups is 2. The van der Waals surface area contributed by atoms with Gasteiger partial charge in [0.15, 0.2) is 0 Å². The molecule has 1 rings (SSSR count). The van der Waals surface area contributed by atoms with Crippen LogP contribution >= 0.6 is 0 Å². The van der Waals surface area contributed by atoms with Crippen molar-refractivity contribution in [2.24, 2.45) is 0 Å². The fourth-order valence-electron chi connectivity index (χ4n) is 1.78. The number of carbonyl (C=O) groups excluding carboxylic acids is 2. The van der Waals surface area contributed by atoms with Gasteiger partial charge >= 0.3 is 0 Å². The Labute approximate surface area is 120 Å². The van der Waals surface area contributed by atoms with Crippen LogP contribution in [0.4, 0.5) is 0 Å². The normalized spacial score (nSPS) is 11.8. The zero-order valence-electron chi connectivity index (χ0n) is 12.6. The second-order valence-electron chi connectivity index (χ2n) is 5.08. The Bertz CT molecular complexity index is 455. The number of pyridine rings is 1. The average molecular weight is 277 g/mol. The van der Waals surface area contributed by atoms with Crippen molar-refractivity contribution in [1.82, 2.24) is 15.2 Å². The van der Waals surface area contributed by atoms with Gasteiger partial charge < -0.3 is 10.2 Å². The van der Waals surface area contributed by atoms with Gasteiger partial charge in [-0.05, 0) is 25.0 Å². The third kappa shape index (κ3) is 4.99. The van der Waals surface area contributed by atoms with Gasteiger partial charge in [0.25, 0.3) is 0 Å². The molecular formula is C15H23N3O2. The number of nitrogens with one attached hydrogen (secondary N) is 1. The summed E-state index contributed by atoms with van der Waals surface area (Å²) < 4.78 is 0. The standard InChI is InChI=1S/C15H23N3O2/c1-5-12(13-7-6-11(2)10-16-13)17-14(19)8-9-15(20)18(3)4/h6-7,10,12H,5,8-9H2,1-4H3,(H,17,19). The molecule has 1 heterocycles. The minimum Gasteiger partial charge on any atom is -0.349 e. The maximum atomic E-state index is 11.9. The second-order valence-corrected chi connectivity index (χ2v) is 5.08. The fraction of sp³-hybridized carbons (Fsp3) is 0.533. The number of rotatable bonds is 6. The Kier molecular flexibility index (Phi) is 6.15. The van der Waals surface area contributed by atoms with Crippen molar-refractivity contribution in [2.45, 2.75) is 39.2 Å². The van der Waals surface area contributed by atoms with Crippen LogP contribution in [0, 0.1) is 6.92 Å². The molecule has 0 bridgehead atoms. The van der Waals surface area contributed by atoms with Gasteiger partial charge in [-0.2, -0.15) is 0 Å². The number of aromatic nitrogens is 1. The van der Waals surface area contributed by atoms with Crippen molar-refractivity contribution in [3.8, 4) is 0 Å². The number of hydrogen-bond donors (Lipinski definition) is 1. The van der Waals surface area contributed by atoms with Crippen molar-refractivity contribution < 1.29 is 9.59 Å². The summed E-state index contributed by atoms with van der Waals surface area (Å²) >= 11 is 0. The van der Waals surface area contributed by atoms with Gasteiger partial charge in [-0.15, -0.1) is 0 Å². The molecule has 0 spiro atoms. The predicted molar refractivity (Wildman–Crippen MR) is 78.1 cm³/mol. The van der Waals surface area contributed by atoms with E-state index in [0.29, 0.717) is 0 Å². The summed E-state index contributed by atoms with van der Waals surface area (Å²) in [6, 6.07) is 3.80. The van der Waals surface area contributed by atoms with E-state index in [1.165, 1.54) is 4.90 Å². The molecule has 0 aliphatic carbocycles. The van der Waals surface area contributed by atoms with Gasteiger partial charge in [0, 0.05) is 33.1 Å². The molecule has 20 heavy (non-hydrogen) atoms. The maximum Gasteiger partial charge on any atom is 0.222 e. The Hall–Kier alpha value is -1.91. The molecule has 0 aromatic carbocycles. The summed E-state index contributed by atoms with van der Waals surface area (Å²) in [4.78, 5) is 29.1. The lowest BCUT2D eigenvalue weighted by molar-refractivity contribution is -0.131. The van der Waals surface area contributed by atoms with Gasteiger partial charge in [0.05, 0.1) is 11.7 Å². The maximum absolute atomic E-state index is 11.9. The highest BCUT2D eigenvalue weighted by Crippen LogP contribution is 2.14. The summed E-state index contributed by atoms with van der Waals surface area (Å²) in [7, 11) is 3.37. The van der Waals surface area contributed by atoms with Crippen LogP contribution in [-0.4, -0.2) is 35.8 Å². The molecule has 1 unspecified atom stereocenters. The van der Waals surface area contributed by atoms with E-state index in [2.05, 4.69) is 10.3 Å². The molecule has 0 radical (unpaired) electrons. The molecule has 0 saturated heterocycles. The molecule has 2 amide bonds. The van der Waals surface area contributed by atoms with Crippen molar-refractivity contribution in [1.29, 1.82) is 0 Å². The predicted octanol–water partition coefficient (Wildman–Crippen LogP) is 1.83. The van der Waals surface area contributed by atoms with E-state index < -0.39 is 0 Å². The summed E-state index contributed by atoms with van der Waals surface area (Å²) in [6.07, 6.45) is 3.00. The quantitative estimate of drug-likeness (QED) is 0.863. The molecule has 0 aliphatic heterocycles. The van der Waals surface area contributed by atoms with E-state index in [9.17, 15) is 9.59 Å². The van der Waals surface area contributed by atoms with Gasteiger partial charge in [0.1, 0.15) is 0 Å². The Balaban J connectivity index is 2.54. The summed E-state index contributed by atoms with van der Waals surface area (Å²) in [5.74, 6) is -0.156. The van der Waals surface area contributed by atoms with E-state index >= 15 is 0 Å².